The van der Waals surface area contributed by atoms with Crippen molar-refractivity contribution in [1.82, 2.24) is 0 Å². The highest BCUT2D eigenvalue weighted by Gasteiger charge is 2.46. The zero-order valence-electron chi connectivity index (χ0n) is 21.0. The van der Waals surface area contributed by atoms with Crippen molar-refractivity contribution >= 4 is 29.2 Å². The number of halogens is 1. The Morgan fingerprint density at radius 2 is 1.91 bits per heavy atom. The normalized spacial score (nSPS) is 21.9. The Kier molecular flexibility index (Phi) is 6.77. The maximum absolute atomic E-state index is 13.9. The van der Waals surface area contributed by atoms with Crippen LogP contribution in [0.5, 0.6) is 11.5 Å². The molecule has 1 N–H and O–H groups in total. The number of nitrogens with zero attached hydrogens (tertiary/aromatic N) is 1. The van der Waals surface area contributed by atoms with Crippen LogP contribution in [0.1, 0.15) is 62.0 Å². The lowest BCUT2D eigenvalue weighted by molar-refractivity contribution is -0.147. The van der Waals surface area contributed by atoms with Crippen molar-refractivity contribution < 1.29 is 28.9 Å². The predicted octanol–water partition coefficient (Wildman–Crippen LogP) is 5.32. The maximum Gasteiger partial charge on any atom is 0.306 e. The Morgan fingerprint density at radius 1 is 1.20 bits per heavy atom. The second kappa shape index (κ2) is 9.36. The number of anilines is 1. The Labute approximate surface area is 210 Å². The van der Waals surface area contributed by atoms with E-state index in [-0.39, 0.29) is 17.4 Å². The van der Waals surface area contributed by atoms with Gasteiger partial charge in [-0.25, -0.2) is 0 Å². The fourth-order valence-electron chi connectivity index (χ4n) is 5.32. The molecule has 0 saturated heterocycles. The first-order valence-corrected chi connectivity index (χ1v) is 12.1. The molecule has 0 aliphatic carbocycles. The number of carboxylic acids is 1. The number of aliphatic carboxylic acids is 1. The van der Waals surface area contributed by atoms with Crippen LogP contribution in [-0.2, 0) is 20.7 Å². The van der Waals surface area contributed by atoms with E-state index in [1.807, 2.05) is 13.0 Å². The number of amides is 1. The van der Waals surface area contributed by atoms with Gasteiger partial charge in [0.15, 0.2) is 11.5 Å². The van der Waals surface area contributed by atoms with Crippen molar-refractivity contribution in [2.75, 3.05) is 19.1 Å². The van der Waals surface area contributed by atoms with Crippen LogP contribution in [0.3, 0.4) is 0 Å². The summed E-state index contributed by atoms with van der Waals surface area (Å²) in [5.74, 6) is -0.620. The predicted molar refractivity (Wildman–Crippen MR) is 134 cm³/mol. The number of methoxy groups -OCH3 is 2. The van der Waals surface area contributed by atoms with Gasteiger partial charge in [0.1, 0.15) is 12.2 Å². The second-order valence-corrected chi connectivity index (χ2v) is 10.7. The highest BCUT2D eigenvalue weighted by molar-refractivity contribution is 6.33. The van der Waals surface area contributed by atoms with Crippen LogP contribution in [-0.4, -0.2) is 43.3 Å². The number of benzene rings is 2. The third-order valence-corrected chi connectivity index (χ3v) is 7.24. The van der Waals surface area contributed by atoms with Crippen LogP contribution in [0.15, 0.2) is 24.3 Å². The number of hydrogen-bond acceptors (Lipinski definition) is 5. The number of carboxylic acid groups (broad SMARTS) is 1. The molecule has 0 fully saturated rings. The Bertz CT molecular complexity index is 1170. The first-order chi connectivity index (χ1) is 16.5. The fourth-order valence-corrected chi connectivity index (χ4v) is 5.65. The average Bonchev–Trinajstić information content (AvgIpc) is 2.89. The molecule has 2 aromatic rings. The minimum absolute atomic E-state index is 0.108. The molecule has 188 valence electrons. The molecule has 0 bridgehead atoms. The molecule has 2 aliphatic rings. The van der Waals surface area contributed by atoms with Crippen molar-refractivity contribution in [2.24, 2.45) is 5.41 Å². The van der Waals surface area contributed by atoms with Gasteiger partial charge >= 0.3 is 5.97 Å². The van der Waals surface area contributed by atoms with Crippen molar-refractivity contribution in [3.63, 3.8) is 0 Å². The Hall–Kier alpha value is -2.77. The SMILES string of the molecule is COc1ccc([C@H]2O[C@H](CC(=O)O)C(=O)N3c4c(cc(C)cc42)CC[C@H]3C(C)(C)C)c(Cl)c1OC. The zero-order valence-corrected chi connectivity index (χ0v) is 21.7. The minimum atomic E-state index is -1.18. The number of aryl methyl sites for hydroxylation is 2. The molecule has 4 rings (SSSR count). The highest BCUT2D eigenvalue weighted by atomic mass is 35.5. The summed E-state index contributed by atoms with van der Waals surface area (Å²) in [6.07, 6.45) is -0.799. The Balaban J connectivity index is 2.01. The van der Waals surface area contributed by atoms with E-state index in [4.69, 9.17) is 25.8 Å². The van der Waals surface area contributed by atoms with E-state index in [1.165, 1.54) is 14.2 Å². The number of rotatable bonds is 5. The molecular formula is C27H32ClNO6. The lowest BCUT2D eigenvalue weighted by Crippen LogP contribution is -2.53. The molecule has 0 aromatic heterocycles. The van der Waals surface area contributed by atoms with Gasteiger partial charge < -0.3 is 24.2 Å². The standard InChI is InChI=1S/C27H32ClNO6/c1-14-11-15-7-10-20(27(2,3)4)29-23(15)17(12-14)24(35-19(26(29)32)13-21(30)31)16-8-9-18(33-5)25(34-6)22(16)28/h8-9,11-12,19-20,24H,7,10,13H2,1-6H3,(H,30,31)/t19-,20+,24-/m1/s1. The minimum Gasteiger partial charge on any atom is -0.493 e. The molecule has 8 heteroatoms. The molecule has 2 aliphatic heterocycles. The van der Waals surface area contributed by atoms with E-state index in [1.54, 1.807) is 17.0 Å². The number of carbonyl (C=O) groups is 2. The number of ether oxygens (including phenoxy) is 3. The van der Waals surface area contributed by atoms with Crippen molar-refractivity contribution in [2.45, 2.75) is 65.2 Å². The van der Waals surface area contributed by atoms with Gasteiger partial charge in [0.2, 0.25) is 0 Å². The molecule has 0 spiro atoms. The first kappa shape index (κ1) is 25.3. The van der Waals surface area contributed by atoms with E-state index in [2.05, 4.69) is 26.8 Å². The van der Waals surface area contributed by atoms with Crippen molar-refractivity contribution in [3.8, 4) is 11.5 Å². The molecule has 3 atom stereocenters. The summed E-state index contributed by atoms with van der Waals surface area (Å²) in [5, 5.41) is 9.93. The summed E-state index contributed by atoms with van der Waals surface area (Å²) in [6.45, 7) is 8.31. The van der Waals surface area contributed by atoms with Crippen LogP contribution in [0.4, 0.5) is 5.69 Å². The van der Waals surface area contributed by atoms with E-state index < -0.39 is 24.6 Å². The smallest absolute Gasteiger partial charge is 0.306 e. The van der Waals surface area contributed by atoms with Crippen LogP contribution in [0.25, 0.3) is 0 Å². The summed E-state index contributed by atoms with van der Waals surface area (Å²) in [5.41, 5.74) is 4.04. The molecule has 35 heavy (non-hydrogen) atoms. The van der Waals surface area contributed by atoms with Gasteiger partial charge in [-0.2, -0.15) is 0 Å². The third-order valence-electron chi connectivity index (χ3n) is 6.86. The topological polar surface area (TPSA) is 85.3 Å². The molecule has 1 amide bonds. The van der Waals surface area contributed by atoms with Crippen LogP contribution in [0.2, 0.25) is 5.02 Å². The van der Waals surface area contributed by atoms with Gasteiger partial charge in [0.25, 0.3) is 5.91 Å². The molecule has 7 nitrogen and oxygen atoms in total. The third kappa shape index (κ3) is 4.47. The quantitative estimate of drug-likeness (QED) is 0.596. The van der Waals surface area contributed by atoms with Gasteiger partial charge in [-0.05, 0) is 36.8 Å². The number of hydrogen-bond donors (Lipinski definition) is 1. The fraction of sp³-hybridized carbons (Fsp3) is 0.481. The lowest BCUT2D eigenvalue weighted by atomic mass is 9.78. The van der Waals surface area contributed by atoms with Gasteiger partial charge in [0, 0.05) is 17.2 Å². The summed E-state index contributed by atoms with van der Waals surface area (Å²) < 4.78 is 17.3. The Morgan fingerprint density at radius 3 is 2.51 bits per heavy atom. The van der Waals surface area contributed by atoms with E-state index in [9.17, 15) is 14.7 Å². The van der Waals surface area contributed by atoms with Crippen molar-refractivity contribution in [3.05, 3.63) is 51.5 Å². The van der Waals surface area contributed by atoms with Gasteiger partial charge in [0.05, 0.1) is 31.4 Å². The molecule has 0 unspecified atom stereocenters. The molecule has 0 saturated carbocycles. The van der Waals surface area contributed by atoms with Crippen LogP contribution >= 0.6 is 11.6 Å². The van der Waals surface area contributed by atoms with E-state index in [0.29, 0.717) is 22.1 Å². The average molecular weight is 502 g/mol. The second-order valence-electron chi connectivity index (χ2n) is 10.3. The molecular weight excluding hydrogens is 470 g/mol. The molecule has 2 aromatic carbocycles. The summed E-state index contributed by atoms with van der Waals surface area (Å²) in [7, 11) is 3.03. The molecule has 0 radical (unpaired) electrons. The first-order valence-electron chi connectivity index (χ1n) is 11.7. The highest BCUT2D eigenvalue weighted by Crippen LogP contribution is 2.50. The summed E-state index contributed by atoms with van der Waals surface area (Å²) >= 11 is 6.80. The van der Waals surface area contributed by atoms with Crippen LogP contribution < -0.4 is 14.4 Å². The summed E-state index contributed by atoms with van der Waals surface area (Å²) in [4.78, 5) is 27.5. The maximum atomic E-state index is 13.9. The van der Waals surface area contributed by atoms with Gasteiger partial charge in [-0.1, -0.05) is 56.1 Å². The van der Waals surface area contributed by atoms with Gasteiger partial charge in [-0.3, -0.25) is 9.59 Å². The van der Waals surface area contributed by atoms with Crippen LogP contribution in [0, 0.1) is 12.3 Å². The van der Waals surface area contributed by atoms with Crippen molar-refractivity contribution in [1.29, 1.82) is 0 Å². The van der Waals surface area contributed by atoms with E-state index in [0.717, 1.165) is 35.2 Å². The summed E-state index contributed by atoms with van der Waals surface area (Å²) in [6, 6.07) is 7.52. The lowest BCUT2D eigenvalue weighted by Gasteiger charge is -2.45. The monoisotopic (exact) mass is 501 g/mol. The molecule has 2 heterocycles. The van der Waals surface area contributed by atoms with Gasteiger partial charge in [-0.15, -0.1) is 0 Å². The van der Waals surface area contributed by atoms with E-state index >= 15 is 0 Å². The zero-order chi connectivity index (χ0) is 25.7. The number of carbonyl (C=O) groups excluding carboxylic acids is 1. The largest absolute Gasteiger partial charge is 0.493 e.